The average molecular weight is 375 g/mol. The van der Waals surface area contributed by atoms with Gasteiger partial charge in [-0.3, -0.25) is 15.0 Å². The molecule has 0 bridgehead atoms. The van der Waals surface area contributed by atoms with Crippen molar-refractivity contribution in [2.45, 2.75) is 39.5 Å². The first-order chi connectivity index (χ1) is 12.5. The van der Waals surface area contributed by atoms with E-state index in [4.69, 9.17) is 9.47 Å². The third kappa shape index (κ3) is 5.03. The van der Waals surface area contributed by atoms with Gasteiger partial charge < -0.3 is 9.47 Å². The zero-order valence-electron chi connectivity index (χ0n) is 15.4. The molecule has 2 aromatic rings. The van der Waals surface area contributed by atoms with Gasteiger partial charge in [0.1, 0.15) is 5.75 Å². The third-order valence-corrected chi connectivity index (χ3v) is 4.89. The van der Waals surface area contributed by atoms with E-state index in [1.165, 1.54) is 11.3 Å². The smallest absolute Gasteiger partial charge is 0.257 e. The van der Waals surface area contributed by atoms with Gasteiger partial charge in [-0.2, -0.15) is 0 Å². The van der Waals surface area contributed by atoms with Crippen LogP contribution in [0.1, 0.15) is 36.8 Å². The van der Waals surface area contributed by atoms with Crippen LogP contribution in [0.3, 0.4) is 0 Å². The van der Waals surface area contributed by atoms with E-state index in [9.17, 15) is 4.79 Å². The molecule has 140 valence electrons. The predicted octanol–water partition coefficient (Wildman–Crippen LogP) is 3.40. The van der Waals surface area contributed by atoms with Crippen LogP contribution in [0.2, 0.25) is 0 Å². The number of nitrogens with one attached hydrogen (secondary N) is 1. The molecule has 26 heavy (non-hydrogen) atoms. The molecule has 6 nitrogen and oxygen atoms in total. The summed E-state index contributed by atoms with van der Waals surface area (Å²) in [5.41, 5.74) is 1.55. The Morgan fingerprint density at radius 1 is 1.31 bits per heavy atom. The van der Waals surface area contributed by atoms with Gasteiger partial charge in [-0.25, -0.2) is 4.98 Å². The van der Waals surface area contributed by atoms with Crippen molar-refractivity contribution in [3.8, 4) is 5.75 Å². The zero-order valence-corrected chi connectivity index (χ0v) is 16.2. The molecule has 1 aromatic carbocycles. The number of anilines is 1. The molecule has 1 aliphatic heterocycles. The summed E-state index contributed by atoms with van der Waals surface area (Å²) in [6.45, 7) is 9.28. The molecule has 3 rings (SSSR count). The Labute approximate surface area is 158 Å². The van der Waals surface area contributed by atoms with Crippen LogP contribution in [0.4, 0.5) is 5.13 Å². The van der Waals surface area contributed by atoms with Crippen molar-refractivity contribution in [3.63, 3.8) is 0 Å². The van der Waals surface area contributed by atoms with Gasteiger partial charge in [0.15, 0.2) is 5.13 Å². The van der Waals surface area contributed by atoms with E-state index in [0.29, 0.717) is 17.3 Å². The number of nitrogens with zero attached hydrogens (tertiary/aromatic N) is 2. The number of morpholine rings is 1. The molecule has 2 heterocycles. The summed E-state index contributed by atoms with van der Waals surface area (Å²) >= 11 is 1.45. The Balaban J connectivity index is 1.56. The number of hydrogen-bond acceptors (Lipinski definition) is 6. The molecule has 1 N–H and O–H groups in total. The Morgan fingerprint density at radius 3 is 2.65 bits per heavy atom. The highest BCUT2D eigenvalue weighted by molar-refractivity contribution is 7.13. The Bertz CT molecular complexity index is 722. The molecular weight excluding hydrogens is 350 g/mol. The minimum absolute atomic E-state index is 0.164. The van der Waals surface area contributed by atoms with Gasteiger partial charge in [-0.05, 0) is 45.0 Å². The van der Waals surface area contributed by atoms with Gasteiger partial charge in [0.25, 0.3) is 5.91 Å². The number of thiazole rings is 1. The summed E-state index contributed by atoms with van der Waals surface area (Å²) in [5, 5.41) is 5.49. The van der Waals surface area contributed by atoms with Crippen LogP contribution in [0, 0.1) is 0 Å². The zero-order chi connectivity index (χ0) is 18.5. The number of aromatic nitrogens is 1. The lowest BCUT2D eigenvalue weighted by Gasteiger charge is -2.34. The van der Waals surface area contributed by atoms with Crippen molar-refractivity contribution >= 4 is 22.4 Å². The van der Waals surface area contributed by atoms with Crippen molar-refractivity contribution < 1.29 is 14.3 Å². The van der Waals surface area contributed by atoms with Crippen LogP contribution in [-0.2, 0) is 11.3 Å². The van der Waals surface area contributed by atoms with Crippen LogP contribution in [-0.4, -0.2) is 47.7 Å². The Kier molecular flexibility index (Phi) is 6.24. The van der Waals surface area contributed by atoms with E-state index in [-0.39, 0.29) is 18.1 Å². The predicted molar refractivity (Wildman–Crippen MR) is 103 cm³/mol. The number of carbonyl (C=O) groups excluding carboxylic acids is 1. The quantitative estimate of drug-likeness (QED) is 0.838. The largest absolute Gasteiger partial charge is 0.494 e. The first-order valence-corrected chi connectivity index (χ1v) is 9.78. The molecule has 0 spiro atoms. The van der Waals surface area contributed by atoms with E-state index in [1.807, 2.05) is 12.3 Å². The highest BCUT2D eigenvalue weighted by atomic mass is 32.1. The standard InChI is InChI=1S/C19H25N3O3S/c1-4-24-17-7-5-15(6-8-17)18(23)21-19-20-16(12-26-19)11-22-9-13(2)25-14(3)10-22/h5-8,12-14H,4,9-11H2,1-3H3,(H,20,21,23). The number of ether oxygens (including phenoxy) is 2. The summed E-state index contributed by atoms with van der Waals surface area (Å²) in [7, 11) is 0. The van der Waals surface area contributed by atoms with Gasteiger partial charge in [0.05, 0.1) is 24.5 Å². The Morgan fingerprint density at radius 2 is 2.00 bits per heavy atom. The topological polar surface area (TPSA) is 63.7 Å². The van der Waals surface area contributed by atoms with E-state index in [2.05, 4.69) is 29.0 Å². The maximum atomic E-state index is 12.4. The molecule has 1 amide bonds. The summed E-state index contributed by atoms with van der Waals surface area (Å²) in [4.78, 5) is 19.2. The fourth-order valence-corrected chi connectivity index (χ4v) is 3.81. The van der Waals surface area contributed by atoms with E-state index >= 15 is 0 Å². The Hall–Kier alpha value is -1.96. The summed E-state index contributed by atoms with van der Waals surface area (Å²) in [6, 6.07) is 7.11. The van der Waals surface area contributed by atoms with Crippen molar-refractivity contribution in [2.75, 3.05) is 25.0 Å². The van der Waals surface area contributed by atoms with Gasteiger partial charge in [0.2, 0.25) is 0 Å². The monoisotopic (exact) mass is 375 g/mol. The van der Waals surface area contributed by atoms with Crippen molar-refractivity contribution in [2.24, 2.45) is 0 Å². The van der Waals surface area contributed by atoms with Crippen LogP contribution in [0.5, 0.6) is 5.75 Å². The summed E-state index contributed by atoms with van der Waals surface area (Å²) in [5.74, 6) is 0.595. The number of hydrogen-bond donors (Lipinski definition) is 1. The number of rotatable bonds is 6. The minimum atomic E-state index is -0.164. The normalized spacial score (nSPS) is 20.7. The molecule has 7 heteroatoms. The van der Waals surface area contributed by atoms with Crippen molar-refractivity contribution in [1.29, 1.82) is 0 Å². The fraction of sp³-hybridized carbons (Fsp3) is 0.474. The molecule has 1 aromatic heterocycles. The van der Waals surface area contributed by atoms with Crippen molar-refractivity contribution in [1.82, 2.24) is 9.88 Å². The fourth-order valence-electron chi connectivity index (χ4n) is 3.12. The highest BCUT2D eigenvalue weighted by Gasteiger charge is 2.22. The minimum Gasteiger partial charge on any atom is -0.494 e. The molecule has 0 radical (unpaired) electrons. The van der Waals surface area contributed by atoms with E-state index < -0.39 is 0 Å². The second-order valence-corrected chi connectivity index (χ2v) is 7.37. The number of carbonyl (C=O) groups is 1. The first kappa shape index (κ1) is 18.8. The molecule has 0 saturated carbocycles. The maximum absolute atomic E-state index is 12.4. The van der Waals surface area contributed by atoms with E-state index in [1.54, 1.807) is 24.3 Å². The van der Waals surface area contributed by atoms with Crippen LogP contribution < -0.4 is 10.1 Å². The van der Waals surface area contributed by atoms with Gasteiger partial charge in [-0.1, -0.05) is 0 Å². The van der Waals surface area contributed by atoms with Gasteiger partial charge in [-0.15, -0.1) is 11.3 Å². The first-order valence-electron chi connectivity index (χ1n) is 8.90. The lowest BCUT2D eigenvalue weighted by molar-refractivity contribution is -0.0707. The number of benzene rings is 1. The van der Waals surface area contributed by atoms with E-state index in [0.717, 1.165) is 31.1 Å². The molecule has 1 fully saturated rings. The maximum Gasteiger partial charge on any atom is 0.257 e. The molecule has 2 unspecified atom stereocenters. The van der Waals surface area contributed by atoms with Crippen LogP contribution in [0.15, 0.2) is 29.6 Å². The molecular formula is C19H25N3O3S. The average Bonchev–Trinajstić information content (AvgIpc) is 3.01. The molecule has 1 saturated heterocycles. The second-order valence-electron chi connectivity index (χ2n) is 6.51. The molecule has 1 aliphatic rings. The lowest BCUT2D eigenvalue weighted by Crippen LogP contribution is -2.44. The lowest BCUT2D eigenvalue weighted by atomic mass is 10.2. The number of amides is 1. The second kappa shape index (κ2) is 8.62. The highest BCUT2D eigenvalue weighted by Crippen LogP contribution is 2.20. The van der Waals surface area contributed by atoms with Gasteiger partial charge >= 0.3 is 0 Å². The SMILES string of the molecule is CCOc1ccc(C(=O)Nc2nc(CN3CC(C)OC(C)C3)cs2)cc1. The van der Waals surface area contributed by atoms with Crippen LogP contribution >= 0.6 is 11.3 Å². The third-order valence-electron chi connectivity index (χ3n) is 4.08. The summed E-state index contributed by atoms with van der Waals surface area (Å²) in [6.07, 6.45) is 0.465. The summed E-state index contributed by atoms with van der Waals surface area (Å²) < 4.78 is 11.2. The molecule has 2 atom stereocenters. The van der Waals surface area contributed by atoms with Gasteiger partial charge in [0, 0.05) is 30.6 Å². The van der Waals surface area contributed by atoms with Crippen molar-refractivity contribution in [3.05, 3.63) is 40.9 Å². The molecule has 0 aliphatic carbocycles. The van der Waals surface area contributed by atoms with Crippen LogP contribution in [0.25, 0.3) is 0 Å².